The number of hydrogen-bond acceptors (Lipinski definition) is 7. The molecule has 2 heterocycles. The van der Waals surface area contributed by atoms with Gasteiger partial charge in [0.25, 0.3) is 5.91 Å². The average molecular weight is 486 g/mol. The maximum absolute atomic E-state index is 13.1. The fourth-order valence-electron chi connectivity index (χ4n) is 3.60. The number of nitrogens with zero attached hydrogens (tertiary/aromatic N) is 4. The van der Waals surface area contributed by atoms with Crippen molar-refractivity contribution in [1.29, 1.82) is 0 Å². The molecule has 5 rings (SSSR count). The first-order chi connectivity index (χ1) is 17.1. The lowest BCUT2D eigenvalue weighted by Gasteiger charge is -2.12. The molecule has 0 atom stereocenters. The van der Waals surface area contributed by atoms with Crippen LogP contribution in [0.4, 0.5) is 5.69 Å². The minimum atomic E-state index is -0.267. The number of rotatable bonds is 8. The summed E-state index contributed by atoms with van der Waals surface area (Å²) >= 11 is 1.44. The van der Waals surface area contributed by atoms with Gasteiger partial charge in [-0.2, -0.15) is 9.61 Å². The van der Waals surface area contributed by atoms with Crippen LogP contribution in [-0.4, -0.2) is 32.8 Å². The van der Waals surface area contributed by atoms with Gasteiger partial charge in [0.2, 0.25) is 4.96 Å². The van der Waals surface area contributed by atoms with Gasteiger partial charge in [-0.1, -0.05) is 54.7 Å². The molecule has 35 heavy (non-hydrogen) atoms. The van der Waals surface area contributed by atoms with Crippen LogP contribution in [-0.2, 0) is 13.0 Å². The summed E-state index contributed by atoms with van der Waals surface area (Å²) in [6, 6.07) is 22.6. The Morgan fingerprint density at radius 2 is 1.89 bits per heavy atom. The number of carbonyl (C=O) groups excluding carboxylic acids is 1. The summed E-state index contributed by atoms with van der Waals surface area (Å²) < 4.78 is 13.1. The van der Waals surface area contributed by atoms with Crippen LogP contribution in [0.3, 0.4) is 0 Å². The van der Waals surface area contributed by atoms with Gasteiger partial charge in [-0.3, -0.25) is 4.79 Å². The molecule has 0 spiro atoms. The van der Waals surface area contributed by atoms with Crippen LogP contribution in [0.1, 0.15) is 28.7 Å². The number of anilines is 1. The Morgan fingerprint density at radius 1 is 1.03 bits per heavy atom. The normalized spacial score (nSPS) is 10.9. The predicted molar refractivity (Wildman–Crippen MR) is 135 cm³/mol. The van der Waals surface area contributed by atoms with Crippen molar-refractivity contribution in [1.82, 2.24) is 19.8 Å². The Hall–Kier alpha value is -4.24. The zero-order chi connectivity index (χ0) is 24.2. The van der Waals surface area contributed by atoms with Crippen LogP contribution in [0.15, 0.2) is 72.8 Å². The van der Waals surface area contributed by atoms with E-state index in [-0.39, 0.29) is 5.91 Å². The molecule has 0 aliphatic rings. The number of carbonyl (C=O) groups is 1. The maximum Gasteiger partial charge on any atom is 0.255 e. The van der Waals surface area contributed by atoms with Gasteiger partial charge in [0.1, 0.15) is 23.1 Å². The highest BCUT2D eigenvalue weighted by Gasteiger charge is 2.16. The summed E-state index contributed by atoms with van der Waals surface area (Å²) in [6.45, 7) is 2.44. The van der Waals surface area contributed by atoms with Crippen molar-refractivity contribution >= 4 is 27.9 Å². The molecule has 9 heteroatoms. The van der Waals surface area contributed by atoms with E-state index < -0.39 is 0 Å². The third-order valence-corrected chi connectivity index (χ3v) is 6.36. The summed E-state index contributed by atoms with van der Waals surface area (Å²) in [5, 5.41) is 16.7. The smallest absolute Gasteiger partial charge is 0.255 e. The molecule has 2 aromatic heterocycles. The highest BCUT2D eigenvalue weighted by atomic mass is 32.1. The molecule has 176 valence electrons. The van der Waals surface area contributed by atoms with Crippen molar-refractivity contribution in [2.24, 2.45) is 0 Å². The number of amides is 1. The minimum absolute atomic E-state index is 0.267. The number of aromatic nitrogens is 4. The quantitative estimate of drug-likeness (QED) is 0.323. The van der Waals surface area contributed by atoms with Crippen molar-refractivity contribution in [3.8, 4) is 22.1 Å². The monoisotopic (exact) mass is 485 g/mol. The Bertz CT molecular complexity index is 1480. The third-order valence-electron chi connectivity index (χ3n) is 5.41. The standard InChI is InChI=1S/C26H23N5O3S/c1-3-23-28-29-26-31(23)30-25(35-26)19-12-13-22(33-2)21(15-19)27-24(32)18-10-7-11-20(14-18)34-16-17-8-5-4-6-9-17/h4-15H,3,16H2,1-2H3,(H,27,32). The van der Waals surface area contributed by atoms with E-state index >= 15 is 0 Å². The van der Waals surface area contributed by atoms with Crippen LogP contribution in [0, 0.1) is 0 Å². The molecule has 0 saturated carbocycles. The first-order valence-corrected chi connectivity index (χ1v) is 11.9. The predicted octanol–water partition coefficient (Wildman–Crippen LogP) is 5.26. The van der Waals surface area contributed by atoms with Crippen molar-refractivity contribution in [3.05, 3.63) is 89.7 Å². The van der Waals surface area contributed by atoms with Gasteiger partial charge >= 0.3 is 0 Å². The summed E-state index contributed by atoms with van der Waals surface area (Å²) in [4.78, 5) is 13.8. The molecule has 8 nitrogen and oxygen atoms in total. The van der Waals surface area contributed by atoms with E-state index in [2.05, 4.69) is 20.6 Å². The second-order valence-electron chi connectivity index (χ2n) is 7.74. The van der Waals surface area contributed by atoms with E-state index in [1.807, 2.05) is 61.5 Å². The summed E-state index contributed by atoms with van der Waals surface area (Å²) in [7, 11) is 1.57. The summed E-state index contributed by atoms with van der Waals surface area (Å²) in [6.07, 6.45) is 0.738. The van der Waals surface area contributed by atoms with Gasteiger partial charge in [-0.25, -0.2) is 0 Å². The SMILES string of the molecule is CCc1nnc2sc(-c3ccc(OC)c(NC(=O)c4cccc(OCc5ccccc5)c4)c3)nn12. The number of nitrogens with one attached hydrogen (secondary N) is 1. The molecular weight excluding hydrogens is 462 g/mol. The van der Waals surface area contributed by atoms with Gasteiger partial charge in [0.05, 0.1) is 12.8 Å². The molecule has 0 fully saturated rings. The number of fused-ring (bicyclic) bond motifs is 1. The van der Waals surface area contributed by atoms with Crippen LogP contribution in [0.5, 0.6) is 11.5 Å². The summed E-state index contributed by atoms with van der Waals surface area (Å²) in [5.74, 6) is 1.71. The van der Waals surface area contributed by atoms with E-state index in [0.29, 0.717) is 29.4 Å². The molecular formula is C26H23N5O3S. The summed E-state index contributed by atoms with van der Waals surface area (Å²) in [5.41, 5.74) is 2.93. The van der Waals surface area contributed by atoms with Crippen molar-refractivity contribution < 1.29 is 14.3 Å². The first kappa shape index (κ1) is 22.5. The molecule has 0 aliphatic heterocycles. The fourth-order valence-corrected chi connectivity index (χ4v) is 4.45. The number of ether oxygens (including phenoxy) is 2. The van der Waals surface area contributed by atoms with Crippen LogP contribution >= 0.6 is 11.3 Å². The highest BCUT2D eigenvalue weighted by molar-refractivity contribution is 7.19. The van der Waals surface area contributed by atoms with Gasteiger partial charge < -0.3 is 14.8 Å². The number of aryl methyl sites for hydroxylation is 1. The Morgan fingerprint density at radius 3 is 2.69 bits per heavy atom. The van der Waals surface area contributed by atoms with E-state index in [0.717, 1.165) is 33.3 Å². The molecule has 0 aliphatic carbocycles. The van der Waals surface area contributed by atoms with Crippen LogP contribution < -0.4 is 14.8 Å². The van der Waals surface area contributed by atoms with Crippen LogP contribution in [0.2, 0.25) is 0 Å². The largest absolute Gasteiger partial charge is 0.495 e. The molecule has 0 saturated heterocycles. The van der Waals surface area contributed by atoms with E-state index in [4.69, 9.17) is 9.47 Å². The molecule has 0 unspecified atom stereocenters. The third kappa shape index (κ3) is 4.85. The Balaban J connectivity index is 1.36. The van der Waals surface area contributed by atoms with E-state index in [9.17, 15) is 4.79 Å². The van der Waals surface area contributed by atoms with Crippen molar-refractivity contribution in [3.63, 3.8) is 0 Å². The lowest BCUT2D eigenvalue weighted by atomic mass is 10.1. The van der Waals surface area contributed by atoms with Gasteiger partial charge in [0.15, 0.2) is 5.82 Å². The van der Waals surface area contributed by atoms with Crippen molar-refractivity contribution in [2.45, 2.75) is 20.0 Å². The first-order valence-electron chi connectivity index (χ1n) is 11.1. The minimum Gasteiger partial charge on any atom is -0.495 e. The van der Waals surface area contributed by atoms with Gasteiger partial charge in [-0.05, 0) is 42.0 Å². The van der Waals surface area contributed by atoms with Crippen LogP contribution in [0.25, 0.3) is 15.5 Å². The lowest BCUT2D eigenvalue weighted by molar-refractivity contribution is 0.102. The van der Waals surface area contributed by atoms with E-state index in [1.54, 1.807) is 29.8 Å². The number of benzene rings is 3. The van der Waals surface area contributed by atoms with E-state index in [1.165, 1.54) is 11.3 Å². The van der Waals surface area contributed by atoms with Gasteiger partial charge in [0, 0.05) is 17.5 Å². The molecule has 5 aromatic rings. The molecule has 3 aromatic carbocycles. The molecule has 0 bridgehead atoms. The molecule has 1 amide bonds. The Labute approximate surface area is 206 Å². The van der Waals surface area contributed by atoms with Crippen molar-refractivity contribution in [2.75, 3.05) is 12.4 Å². The second kappa shape index (κ2) is 9.94. The maximum atomic E-state index is 13.1. The topological polar surface area (TPSA) is 90.6 Å². The lowest BCUT2D eigenvalue weighted by Crippen LogP contribution is -2.13. The number of methoxy groups -OCH3 is 1. The number of hydrogen-bond donors (Lipinski definition) is 1. The average Bonchev–Trinajstić information content (AvgIpc) is 3.49. The fraction of sp³-hybridized carbons (Fsp3) is 0.154. The zero-order valence-corrected chi connectivity index (χ0v) is 20.1. The molecule has 1 N–H and O–H groups in total. The zero-order valence-electron chi connectivity index (χ0n) is 19.3. The highest BCUT2D eigenvalue weighted by Crippen LogP contribution is 2.33. The van der Waals surface area contributed by atoms with Gasteiger partial charge in [-0.15, -0.1) is 10.2 Å². The molecule has 0 radical (unpaired) electrons. The Kier molecular flexibility index (Phi) is 6.40. The second-order valence-corrected chi connectivity index (χ2v) is 8.70.